The molecule has 2 rings (SSSR count). The predicted molar refractivity (Wildman–Crippen MR) is 78.0 cm³/mol. The van der Waals surface area contributed by atoms with Crippen LogP contribution in [-0.2, 0) is 19.1 Å². The number of aromatic nitrogens is 1. The molecule has 0 aliphatic rings. The standard InChI is InChI=1S/C13H12BrF3N2S/c1-2-9-6-19-12(20-9)7-18-11-4-3-8(5-10(11)14)13(15,16)17/h3-6,18H,2,7H2,1H3. The van der Waals surface area contributed by atoms with Crippen LogP contribution in [0.5, 0.6) is 0 Å². The van der Waals surface area contributed by atoms with E-state index in [-0.39, 0.29) is 0 Å². The third kappa shape index (κ3) is 3.73. The minimum Gasteiger partial charge on any atom is -0.378 e. The summed E-state index contributed by atoms with van der Waals surface area (Å²) in [5.41, 5.74) is -0.0521. The average Bonchev–Trinajstić information content (AvgIpc) is 2.84. The zero-order chi connectivity index (χ0) is 14.8. The Kier molecular flexibility index (Phi) is 4.70. The Morgan fingerprint density at radius 2 is 2.10 bits per heavy atom. The van der Waals surface area contributed by atoms with Gasteiger partial charge in [-0.1, -0.05) is 6.92 Å². The third-order valence-corrected chi connectivity index (χ3v) is 4.47. The second-order valence-corrected chi connectivity index (χ2v) is 6.17. The Morgan fingerprint density at radius 1 is 1.35 bits per heavy atom. The van der Waals surface area contributed by atoms with Crippen molar-refractivity contribution in [3.8, 4) is 0 Å². The second-order valence-electron chi connectivity index (χ2n) is 4.12. The van der Waals surface area contributed by atoms with Gasteiger partial charge in [0, 0.05) is 21.2 Å². The molecule has 0 amide bonds. The fraction of sp³-hybridized carbons (Fsp3) is 0.308. The van der Waals surface area contributed by atoms with E-state index in [1.54, 1.807) is 11.3 Å². The Hall–Kier alpha value is -1.08. The number of hydrogen-bond acceptors (Lipinski definition) is 3. The number of halogens is 4. The first-order valence-corrected chi connectivity index (χ1v) is 7.55. The fourth-order valence-electron chi connectivity index (χ4n) is 1.60. The lowest BCUT2D eigenvalue weighted by molar-refractivity contribution is -0.137. The molecule has 20 heavy (non-hydrogen) atoms. The van der Waals surface area contributed by atoms with E-state index in [4.69, 9.17) is 0 Å². The molecule has 1 aromatic heterocycles. The average molecular weight is 365 g/mol. The van der Waals surface area contributed by atoms with Crippen LogP contribution in [0.4, 0.5) is 18.9 Å². The smallest absolute Gasteiger partial charge is 0.378 e. The van der Waals surface area contributed by atoms with E-state index in [9.17, 15) is 13.2 Å². The summed E-state index contributed by atoms with van der Waals surface area (Å²) in [6, 6.07) is 3.55. The van der Waals surface area contributed by atoms with Gasteiger partial charge >= 0.3 is 6.18 Å². The SMILES string of the molecule is CCc1cnc(CNc2ccc(C(F)(F)F)cc2Br)s1. The number of aryl methyl sites for hydroxylation is 1. The Bertz CT molecular complexity index is 596. The number of alkyl halides is 3. The number of rotatable bonds is 4. The van der Waals surface area contributed by atoms with Crippen LogP contribution in [0.25, 0.3) is 0 Å². The van der Waals surface area contributed by atoms with Crippen molar-refractivity contribution in [2.24, 2.45) is 0 Å². The van der Waals surface area contributed by atoms with Crippen molar-refractivity contribution in [1.29, 1.82) is 0 Å². The number of hydrogen-bond donors (Lipinski definition) is 1. The molecule has 0 spiro atoms. The van der Waals surface area contributed by atoms with E-state index in [1.807, 2.05) is 6.20 Å². The minimum absolute atomic E-state index is 0.389. The summed E-state index contributed by atoms with van der Waals surface area (Å²) in [6.07, 6.45) is -1.57. The molecular formula is C13H12BrF3N2S. The molecular weight excluding hydrogens is 353 g/mol. The van der Waals surface area contributed by atoms with Gasteiger partial charge in [0.25, 0.3) is 0 Å². The van der Waals surface area contributed by atoms with Crippen LogP contribution in [0.15, 0.2) is 28.9 Å². The third-order valence-electron chi connectivity index (χ3n) is 2.68. The van der Waals surface area contributed by atoms with Crippen molar-refractivity contribution in [3.63, 3.8) is 0 Å². The summed E-state index contributed by atoms with van der Waals surface area (Å²) in [5, 5.41) is 3.99. The van der Waals surface area contributed by atoms with Crippen LogP contribution < -0.4 is 5.32 Å². The van der Waals surface area contributed by atoms with E-state index >= 15 is 0 Å². The van der Waals surface area contributed by atoms with E-state index < -0.39 is 11.7 Å². The molecule has 0 saturated heterocycles. The zero-order valence-electron chi connectivity index (χ0n) is 10.6. The lowest BCUT2D eigenvalue weighted by Crippen LogP contribution is -2.06. The first-order chi connectivity index (χ1) is 9.40. The van der Waals surface area contributed by atoms with Gasteiger partial charge in [-0.2, -0.15) is 13.2 Å². The van der Waals surface area contributed by atoms with E-state index in [1.165, 1.54) is 10.9 Å². The summed E-state index contributed by atoms with van der Waals surface area (Å²) in [6.45, 7) is 2.55. The number of nitrogens with zero attached hydrogens (tertiary/aromatic N) is 1. The van der Waals surface area contributed by atoms with Gasteiger partial charge in [-0.3, -0.25) is 0 Å². The number of anilines is 1. The van der Waals surface area contributed by atoms with Crippen LogP contribution in [0.2, 0.25) is 0 Å². The van der Waals surface area contributed by atoms with Crippen molar-refractivity contribution in [2.45, 2.75) is 26.1 Å². The largest absolute Gasteiger partial charge is 0.416 e. The van der Waals surface area contributed by atoms with Gasteiger partial charge in [-0.25, -0.2) is 4.98 Å². The van der Waals surface area contributed by atoms with Gasteiger partial charge in [-0.05, 0) is 40.5 Å². The van der Waals surface area contributed by atoms with Gasteiger partial charge in [0.15, 0.2) is 0 Å². The highest BCUT2D eigenvalue weighted by Crippen LogP contribution is 2.34. The van der Waals surface area contributed by atoms with Crippen molar-refractivity contribution in [2.75, 3.05) is 5.32 Å². The van der Waals surface area contributed by atoms with Gasteiger partial charge in [0.1, 0.15) is 5.01 Å². The van der Waals surface area contributed by atoms with E-state index in [2.05, 4.69) is 33.2 Å². The molecule has 0 bridgehead atoms. The molecule has 0 fully saturated rings. The van der Waals surface area contributed by atoms with Crippen LogP contribution >= 0.6 is 27.3 Å². The normalized spacial score (nSPS) is 11.7. The van der Waals surface area contributed by atoms with Crippen LogP contribution in [0.3, 0.4) is 0 Å². The molecule has 0 saturated carbocycles. The lowest BCUT2D eigenvalue weighted by Gasteiger charge is -2.11. The number of benzene rings is 1. The number of nitrogens with one attached hydrogen (secondary N) is 1. The maximum atomic E-state index is 12.5. The summed E-state index contributed by atoms with van der Waals surface area (Å²) in [4.78, 5) is 5.44. The lowest BCUT2D eigenvalue weighted by atomic mass is 10.2. The van der Waals surface area contributed by atoms with Crippen LogP contribution in [0.1, 0.15) is 22.4 Å². The maximum Gasteiger partial charge on any atom is 0.416 e. The topological polar surface area (TPSA) is 24.9 Å². The van der Waals surface area contributed by atoms with Crippen molar-refractivity contribution < 1.29 is 13.2 Å². The quantitative estimate of drug-likeness (QED) is 0.816. The molecule has 2 nitrogen and oxygen atoms in total. The summed E-state index contributed by atoms with van der Waals surface area (Å²) < 4.78 is 38.0. The molecule has 7 heteroatoms. The summed E-state index contributed by atoms with van der Waals surface area (Å²) in [5.74, 6) is 0. The van der Waals surface area contributed by atoms with Crippen LogP contribution in [-0.4, -0.2) is 4.98 Å². The molecule has 2 aromatic rings. The van der Waals surface area contributed by atoms with E-state index in [0.717, 1.165) is 23.6 Å². The maximum absolute atomic E-state index is 12.5. The minimum atomic E-state index is -4.33. The highest BCUT2D eigenvalue weighted by molar-refractivity contribution is 9.10. The first kappa shape index (κ1) is 15.3. The summed E-state index contributed by atoms with van der Waals surface area (Å²) >= 11 is 4.75. The van der Waals surface area contributed by atoms with Gasteiger partial charge < -0.3 is 5.32 Å². The Morgan fingerprint density at radius 3 is 2.65 bits per heavy atom. The number of thiazole rings is 1. The second kappa shape index (κ2) is 6.13. The van der Waals surface area contributed by atoms with Crippen LogP contribution in [0, 0.1) is 0 Å². The summed E-state index contributed by atoms with van der Waals surface area (Å²) in [7, 11) is 0. The van der Waals surface area contributed by atoms with Gasteiger partial charge in [-0.15, -0.1) is 11.3 Å². The monoisotopic (exact) mass is 364 g/mol. The molecule has 0 aliphatic carbocycles. The zero-order valence-corrected chi connectivity index (χ0v) is 13.0. The molecule has 1 aromatic carbocycles. The van der Waals surface area contributed by atoms with Crippen molar-refractivity contribution in [1.82, 2.24) is 4.98 Å². The molecule has 0 aliphatic heterocycles. The Balaban J connectivity index is 2.06. The highest BCUT2D eigenvalue weighted by atomic mass is 79.9. The van der Waals surface area contributed by atoms with Crippen molar-refractivity contribution >= 4 is 33.0 Å². The molecule has 108 valence electrons. The molecule has 0 unspecified atom stereocenters. The Labute approximate surface area is 127 Å². The van der Waals surface area contributed by atoms with E-state index in [0.29, 0.717) is 16.7 Å². The predicted octanol–water partition coefficient (Wildman–Crippen LogP) is 5.10. The van der Waals surface area contributed by atoms with Gasteiger partial charge in [0.05, 0.1) is 12.1 Å². The molecule has 1 N–H and O–H groups in total. The molecule has 0 radical (unpaired) electrons. The molecule has 0 atom stereocenters. The highest BCUT2D eigenvalue weighted by Gasteiger charge is 2.30. The molecule has 1 heterocycles. The fourth-order valence-corrected chi connectivity index (χ4v) is 2.92. The first-order valence-electron chi connectivity index (χ1n) is 5.94. The van der Waals surface area contributed by atoms with Crippen molar-refractivity contribution in [3.05, 3.63) is 44.3 Å². The van der Waals surface area contributed by atoms with Gasteiger partial charge in [0.2, 0.25) is 0 Å².